The van der Waals surface area contributed by atoms with Gasteiger partial charge in [0.2, 0.25) is 0 Å². The number of para-hydroxylation sites is 1. The third kappa shape index (κ3) is 3.14. The normalized spacial score (nSPS) is 15.3. The number of amides is 1. The van der Waals surface area contributed by atoms with Crippen LogP contribution in [0.5, 0.6) is 0 Å². The SMILES string of the molecule is COC(=O)C1CCN(C(=O)c2cnn(-c3ccccc3)c2Cl)CC1. The van der Waals surface area contributed by atoms with Crippen molar-refractivity contribution in [2.24, 2.45) is 5.92 Å². The van der Waals surface area contributed by atoms with E-state index >= 15 is 0 Å². The molecule has 0 spiro atoms. The zero-order chi connectivity index (χ0) is 17.1. The van der Waals surface area contributed by atoms with Crippen molar-refractivity contribution in [3.8, 4) is 5.69 Å². The largest absolute Gasteiger partial charge is 0.469 e. The second-order valence-electron chi connectivity index (χ2n) is 5.69. The first-order valence-corrected chi connectivity index (χ1v) is 8.15. The molecule has 1 fully saturated rings. The summed E-state index contributed by atoms with van der Waals surface area (Å²) in [6.07, 6.45) is 2.69. The number of ether oxygens (including phenoxy) is 1. The van der Waals surface area contributed by atoms with E-state index in [9.17, 15) is 9.59 Å². The fourth-order valence-corrected chi connectivity index (χ4v) is 3.15. The highest BCUT2D eigenvalue weighted by Gasteiger charge is 2.30. The van der Waals surface area contributed by atoms with Gasteiger partial charge in [0, 0.05) is 13.1 Å². The van der Waals surface area contributed by atoms with Crippen molar-refractivity contribution >= 4 is 23.5 Å². The maximum atomic E-state index is 12.7. The van der Waals surface area contributed by atoms with E-state index in [1.165, 1.54) is 18.0 Å². The minimum Gasteiger partial charge on any atom is -0.469 e. The maximum absolute atomic E-state index is 12.7. The van der Waals surface area contributed by atoms with Gasteiger partial charge in [0.1, 0.15) is 5.15 Å². The Morgan fingerprint density at radius 1 is 1.21 bits per heavy atom. The van der Waals surface area contributed by atoms with Gasteiger partial charge in [0.15, 0.2) is 0 Å². The number of piperidine rings is 1. The molecular formula is C17H18ClN3O3. The molecule has 1 aliphatic heterocycles. The molecule has 1 aromatic carbocycles. The van der Waals surface area contributed by atoms with E-state index in [4.69, 9.17) is 16.3 Å². The van der Waals surface area contributed by atoms with Crippen LogP contribution in [0.1, 0.15) is 23.2 Å². The number of carbonyl (C=O) groups excluding carboxylic acids is 2. The Hall–Kier alpha value is -2.34. The first kappa shape index (κ1) is 16.5. The van der Waals surface area contributed by atoms with E-state index in [-0.39, 0.29) is 17.8 Å². The number of likely N-dealkylation sites (tertiary alicyclic amines) is 1. The zero-order valence-electron chi connectivity index (χ0n) is 13.3. The van der Waals surface area contributed by atoms with Crippen LogP contribution in [-0.4, -0.2) is 46.8 Å². The number of hydrogen-bond donors (Lipinski definition) is 0. The summed E-state index contributed by atoms with van der Waals surface area (Å²) in [4.78, 5) is 26.0. The van der Waals surface area contributed by atoms with Gasteiger partial charge in [-0.05, 0) is 25.0 Å². The molecule has 1 amide bonds. The van der Waals surface area contributed by atoms with Gasteiger partial charge in [-0.1, -0.05) is 29.8 Å². The van der Waals surface area contributed by atoms with Gasteiger partial charge in [-0.15, -0.1) is 0 Å². The Balaban J connectivity index is 1.73. The van der Waals surface area contributed by atoms with Crippen molar-refractivity contribution in [3.63, 3.8) is 0 Å². The van der Waals surface area contributed by atoms with Crippen LogP contribution in [0.25, 0.3) is 5.69 Å². The fourth-order valence-electron chi connectivity index (χ4n) is 2.88. The number of aromatic nitrogens is 2. The third-order valence-corrected chi connectivity index (χ3v) is 4.62. The first-order chi connectivity index (χ1) is 11.6. The van der Waals surface area contributed by atoms with Crippen LogP contribution in [0.3, 0.4) is 0 Å². The number of nitrogens with zero attached hydrogens (tertiary/aromatic N) is 3. The highest BCUT2D eigenvalue weighted by atomic mass is 35.5. The van der Waals surface area contributed by atoms with Gasteiger partial charge in [-0.2, -0.15) is 5.10 Å². The number of esters is 1. The second-order valence-corrected chi connectivity index (χ2v) is 6.04. The molecule has 2 heterocycles. The summed E-state index contributed by atoms with van der Waals surface area (Å²) in [5.41, 5.74) is 1.17. The smallest absolute Gasteiger partial charge is 0.308 e. The molecule has 0 aliphatic carbocycles. The predicted molar refractivity (Wildman–Crippen MR) is 89.2 cm³/mol. The van der Waals surface area contributed by atoms with Gasteiger partial charge in [-0.3, -0.25) is 9.59 Å². The molecule has 0 atom stereocenters. The minimum absolute atomic E-state index is 0.137. The monoisotopic (exact) mass is 347 g/mol. The average Bonchev–Trinajstić information content (AvgIpc) is 3.02. The van der Waals surface area contributed by atoms with Gasteiger partial charge in [0.25, 0.3) is 5.91 Å². The van der Waals surface area contributed by atoms with Crippen molar-refractivity contribution in [1.82, 2.24) is 14.7 Å². The Bertz CT molecular complexity index is 737. The number of rotatable bonds is 3. The van der Waals surface area contributed by atoms with Crippen molar-refractivity contribution in [2.75, 3.05) is 20.2 Å². The van der Waals surface area contributed by atoms with Crippen LogP contribution in [-0.2, 0) is 9.53 Å². The average molecular weight is 348 g/mol. The summed E-state index contributed by atoms with van der Waals surface area (Å²) in [5.74, 6) is -0.510. The van der Waals surface area contributed by atoms with Crippen molar-refractivity contribution < 1.29 is 14.3 Å². The molecule has 1 aliphatic rings. The number of carbonyl (C=O) groups is 2. The minimum atomic E-state index is -0.211. The molecule has 3 rings (SSSR count). The first-order valence-electron chi connectivity index (χ1n) is 7.78. The van der Waals surface area contributed by atoms with E-state index in [1.54, 1.807) is 4.90 Å². The van der Waals surface area contributed by atoms with E-state index in [2.05, 4.69) is 5.10 Å². The molecular weight excluding hydrogens is 330 g/mol. The molecule has 24 heavy (non-hydrogen) atoms. The van der Waals surface area contributed by atoms with Crippen molar-refractivity contribution in [2.45, 2.75) is 12.8 Å². The quantitative estimate of drug-likeness (QED) is 0.800. The van der Waals surface area contributed by atoms with Crippen molar-refractivity contribution in [3.05, 3.63) is 47.2 Å². The molecule has 0 saturated carbocycles. The van der Waals surface area contributed by atoms with E-state index < -0.39 is 0 Å². The molecule has 6 nitrogen and oxygen atoms in total. The molecule has 1 saturated heterocycles. The molecule has 0 N–H and O–H groups in total. The molecule has 7 heteroatoms. The van der Waals surface area contributed by atoms with Crippen LogP contribution in [0.4, 0.5) is 0 Å². The summed E-state index contributed by atoms with van der Waals surface area (Å²) >= 11 is 6.35. The number of hydrogen-bond acceptors (Lipinski definition) is 4. The van der Waals surface area contributed by atoms with Gasteiger partial charge < -0.3 is 9.64 Å². The lowest BCUT2D eigenvalue weighted by Gasteiger charge is -2.30. The Morgan fingerprint density at radius 2 is 1.88 bits per heavy atom. The molecule has 1 aromatic heterocycles. The summed E-state index contributed by atoms with van der Waals surface area (Å²) in [5, 5.41) is 4.51. The van der Waals surface area contributed by atoms with Gasteiger partial charge >= 0.3 is 5.97 Å². The van der Waals surface area contributed by atoms with Crippen LogP contribution < -0.4 is 0 Å². The summed E-state index contributed by atoms with van der Waals surface area (Å²) in [7, 11) is 1.39. The predicted octanol–water partition coefficient (Wildman–Crippen LogP) is 2.55. The molecule has 0 unspecified atom stereocenters. The number of benzene rings is 1. The van der Waals surface area contributed by atoms with E-state index in [0.29, 0.717) is 36.6 Å². The van der Waals surface area contributed by atoms with Crippen LogP contribution >= 0.6 is 11.6 Å². The van der Waals surface area contributed by atoms with Gasteiger partial charge in [-0.25, -0.2) is 4.68 Å². The van der Waals surface area contributed by atoms with E-state index in [1.807, 2.05) is 30.3 Å². The fraction of sp³-hybridized carbons (Fsp3) is 0.353. The lowest BCUT2D eigenvalue weighted by Crippen LogP contribution is -2.40. The van der Waals surface area contributed by atoms with Crippen LogP contribution in [0.2, 0.25) is 5.15 Å². The van der Waals surface area contributed by atoms with Crippen LogP contribution in [0, 0.1) is 5.92 Å². The topological polar surface area (TPSA) is 64.4 Å². The third-order valence-electron chi connectivity index (χ3n) is 4.26. The summed E-state index contributed by atoms with van der Waals surface area (Å²) < 4.78 is 6.30. The Kier molecular flexibility index (Phi) is 4.85. The Labute approximate surface area is 145 Å². The molecule has 0 bridgehead atoms. The second kappa shape index (κ2) is 7.05. The lowest BCUT2D eigenvalue weighted by molar-refractivity contribution is -0.146. The highest BCUT2D eigenvalue weighted by Crippen LogP contribution is 2.24. The number of methoxy groups -OCH3 is 1. The summed E-state index contributed by atoms with van der Waals surface area (Å²) in [6.45, 7) is 1.01. The molecule has 0 radical (unpaired) electrons. The highest BCUT2D eigenvalue weighted by molar-refractivity contribution is 6.33. The zero-order valence-corrected chi connectivity index (χ0v) is 14.1. The maximum Gasteiger partial charge on any atom is 0.308 e. The van der Waals surface area contributed by atoms with Gasteiger partial charge in [0.05, 0.1) is 30.5 Å². The molecule has 2 aromatic rings. The summed E-state index contributed by atoms with van der Waals surface area (Å²) in [6, 6.07) is 9.40. The van der Waals surface area contributed by atoms with Crippen molar-refractivity contribution in [1.29, 1.82) is 0 Å². The number of halogens is 1. The van der Waals surface area contributed by atoms with E-state index in [0.717, 1.165) is 5.69 Å². The Morgan fingerprint density at radius 3 is 2.50 bits per heavy atom. The molecule has 126 valence electrons. The lowest BCUT2D eigenvalue weighted by atomic mass is 9.97. The van der Waals surface area contributed by atoms with Crippen LogP contribution in [0.15, 0.2) is 36.5 Å². The standard InChI is InChI=1S/C17H18ClN3O3/c1-24-17(23)12-7-9-20(10-8-12)16(22)14-11-19-21(15(14)18)13-5-3-2-4-6-13/h2-6,11-12H,7-10H2,1H3.